The minimum absolute atomic E-state index is 0.193. The van der Waals surface area contributed by atoms with E-state index < -0.39 is 5.82 Å². The van der Waals surface area contributed by atoms with E-state index in [4.69, 9.17) is 0 Å². The third-order valence-corrected chi connectivity index (χ3v) is 2.02. The van der Waals surface area contributed by atoms with Crippen LogP contribution in [0.15, 0.2) is 22.7 Å². The molecule has 0 bridgehead atoms. The number of hydrogen-bond donors (Lipinski definition) is 1. The molecule has 13 heavy (non-hydrogen) atoms. The Morgan fingerprint density at radius 1 is 1.62 bits per heavy atom. The van der Waals surface area contributed by atoms with Gasteiger partial charge in [-0.1, -0.05) is 22.9 Å². The molecule has 1 N–H and O–H groups in total. The van der Waals surface area contributed by atoms with Gasteiger partial charge in [0.25, 0.3) is 0 Å². The van der Waals surface area contributed by atoms with Gasteiger partial charge in [-0.15, -0.1) is 0 Å². The number of rotatable bonds is 2. The molecule has 0 aliphatic heterocycles. The van der Waals surface area contributed by atoms with Gasteiger partial charge in [0.2, 0.25) is 5.91 Å². The summed E-state index contributed by atoms with van der Waals surface area (Å²) in [5.74, 6) is -0.627. The summed E-state index contributed by atoms with van der Waals surface area (Å²) < 4.78 is 13.8. The maximum atomic E-state index is 13.1. The van der Waals surface area contributed by atoms with Gasteiger partial charge in [0.1, 0.15) is 5.82 Å². The predicted octanol–water partition coefficient (Wildman–Crippen LogP) is 2.94. The van der Waals surface area contributed by atoms with E-state index in [1.165, 1.54) is 12.1 Å². The van der Waals surface area contributed by atoms with Crippen LogP contribution in [0, 0.1) is 5.82 Å². The first-order valence-electron chi connectivity index (χ1n) is 3.88. The number of benzene rings is 1. The van der Waals surface area contributed by atoms with Crippen molar-refractivity contribution in [1.82, 2.24) is 0 Å². The average molecular weight is 246 g/mol. The molecule has 70 valence electrons. The van der Waals surface area contributed by atoms with Crippen LogP contribution in [0.5, 0.6) is 0 Å². The fourth-order valence-corrected chi connectivity index (χ4v) is 1.16. The van der Waals surface area contributed by atoms with Crippen molar-refractivity contribution >= 4 is 27.5 Å². The molecule has 0 atom stereocenters. The maximum Gasteiger partial charge on any atom is 0.224 e. The molecule has 0 fully saturated rings. The van der Waals surface area contributed by atoms with Gasteiger partial charge in [-0.05, 0) is 18.2 Å². The van der Waals surface area contributed by atoms with Crippen molar-refractivity contribution in [2.45, 2.75) is 13.3 Å². The van der Waals surface area contributed by atoms with Crippen LogP contribution in [0.3, 0.4) is 0 Å². The lowest BCUT2D eigenvalue weighted by Gasteiger charge is -2.04. The van der Waals surface area contributed by atoms with E-state index in [2.05, 4.69) is 21.2 Å². The monoisotopic (exact) mass is 245 g/mol. The van der Waals surface area contributed by atoms with E-state index >= 15 is 0 Å². The molecule has 0 spiro atoms. The number of anilines is 1. The second-order valence-electron chi connectivity index (χ2n) is 2.53. The normalized spacial score (nSPS) is 9.77. The first kappa shape index (κ1) is 10.2. The third kappa shape index (κ3) is 2.81. The minimum atomic E-state index is -0.434. The van der Waals surface area contributed by atoms with E-state index in [1.54, 1.807) is 13.0 Å². The van der Waals surface area contributed by atoms with E-state index in [0.29, 0.717) is 10.9 Å². The van der Waals surface area contributed by atoms with E-state index in [-0.39, 0.29) is 11.6 Å². The quantitative estimate of drug-likeness (QED) is 0.853. The third-order valence-electron chi connectivity index (χ3n) is 1.53. The Bertz CT molecular complexity index is 327. The highest BCUT2D eigenvalue weighted by molar-refractivity contribution is 9.10. The van der Waals surface area contributed by atoms with Crippen molar-refractivity contribution in [2.24, 2.45) is 0 Å². The minimum Gasteiger partial charge on any atom is -0.324 e. The Kier molecular flexibility index (Phi) is 3.42. The first-order valence-corrected chi connectivity index (χ1v) is 4.67. The van der Waals surface area contributed by atoms with Crippen LogP contribution < -0.4 is 5.32 Å². The van der Waals surface area contributed by atoms with Gasteiger partial charge < -0.3 is 5.32 Å². The first-order chi connectivity index (χ1) is 6.13. The highest BCUT2D eigenvalue weighted by Gasteiger charge is 2.04. The number of halogens is 2. The highest BCUT2D eigenvalue weighted by Crippen LogP contribution is 2.19. The van der Waals surface area contributed by atoms with Gasteiger partial charge in [-0.3, -0.25) is 4.79 Å². The van der Waals surface area contributed by atoms with Gasteiger partial charge in [0.05, 0.1) is 5.69 Å². The summed E-state index contributed by atoms with van der Waals surface area (Å²) in [6.45, 7) is 1.71. The smallest absolute Gasteiger partial charge is 0.224 e. The second-order valence-corrected chi connectivity index (χ2v) is 3.44. The van der Waals surface area contributed by atoms with Crippen molar-refractivity contribution in [2.75, 3.05) is 5.32 Å². The largest absolute Gasteiger partial charge is 0.324 e. The number of hydrogen-bond acceptors (Lipinski definition) is 1. The number of nitrogens with one attached hydrogen (secondary N) is 1. The van der Waals surface area contributed by atoms with Crippen molar-refractivity contribution in [1.29, 1.82) is 0 Å². The van der Waals surface area contributed by atoms with Gasteiger partial charge in [-0.25, -0.2) is 4.39 Å². The molecule has 0 saturated carbocycles. The molecule has 0 aromatic heterocycles. The molecular weight excluding hydrogens is 237 g/mol. The summed E-state index contributed by atoms with van der Waals surface area (Å²) in [6, 6.07) is 4.51. The molecule has 1 rings (SSSR count). The molecule has 0 aliphatic carbocycles. The van der Waals surface area contributed by atoms with Gasteiger partial charge in [0.15, 0.2) is 0 Å². The zero-order valence-electron chi connectivity index (χ0n) is 7.10. The molecule has 1 aromatic carbocycles. The van der Waals surface area contributed by atoms with Crippen LogP contribution >= 0.6 is 15.9 Å². The Morgan fingerprint density at radius 3 is 2.85 bits per heavy atom. The summed E-state index contributed by atoms with van der Waals surface area (Å²) in [5, 5.41) is 2.45. The fourth-order valence-electron chi connectivity index (χ4n) is 0.829. The fraction of sp³-hybridized carbons (Fsp3) is 0.222. The SMILES string of the molecule is CCC(=O)Nc1ccc(Br)cc1F. The van der Waals surface area contributed by atoms with Crippen LogP contribution in [0.1, 0.15) is 13.3 Å². The van der Waals surface area contributed by atoms with Gasteiger partial charge >= 0.3 is 0 Å². The summed E-state index contributed by atoms with van der Waals surface area (Å²) >= 11 is 3.13. The van der Waals surface area contributed by atoms with Gasteiger partial charge in [0, 0.05) is 10.9 Å². The molecule has 4 heteroatoms. The van der Waals surface area contributed by atoms with E-state index in [1.807, 2.05) is 0 Å². The topological polar surface area (TPSA) is 29.1 Å². The maximum absolute atomic E-state index is 13.1. The molecule has 0 unspecified atom stereocenters. The average Bonchev–Trinajstić information content (AvgIpc) is 2.09. The van der Waals surface area contributed by atoms with Crippen molar-refractivity contribution in [3.63, 3.8) is 0 Å². The molecular formula is C9H9BrFNO. The molecule has 2 nitrogen and oxygen atoms in total. The summed E-state index contributed by atoms with van der Waals surface area (Å²) in [5.41, 5.74) is 0.218. The van der Waals surface area contributed by atoms with Gasteiger partial charge in [-0.2, -0.15) is 0 Å². The van der Waals surface area contributed by atoms with Crippen LogP contribution in [-0.2, 0) is 4.79 Å². The van der Waals surface area contributed by atoms with Crippen LogP contribution in [0.4, 0.5) is 10.1 Å². The van der Waals surface area contributed by atoms with E-state index in [0.717, 1.165) is 0 Å². The zero-order valence-corrected chi connectivity index (χ0v) is 8.69. The van der Waals surface area contributed by atoms with Crippen molar-refractivity contribution < 1.29 is 9.18 Å². The standard InChI is InChI=1S/C9H9BrFNO/c1-2-9(13)12-8-4-3-6(10)5-7(8)11/h3-5H,2H2,1H3,(H,12,13). The molecule has 0 radical (unpaired) electrons. The van der Waals surface area contributed by atoms with Crippen molar-refractivity contribution in [3.05, 3.63) is 28.5 Å². The number of amides is 1. The van der Waals surface area contributed by atoms with Crippen LogP contribution in [0.25, 0.3) is 0 Å². The predicted molar refractivity (Wildman–Crippen MR) is 53.0 cm³/mol. The Hall–Kier alpha value is -0.900. The molecule has 1 amide bonds. The Morgan fingerprint density at radius 2 is 2.31 bits per heavy atom. The lowest BCUT2D eigenvalue weighted by Crippen LogP contribution is -2.10. The van der Waals surface area contributed by atoms with Crippen LogP contribution in [-0.4, -0.2) is 5.91 Å². The molecule has 0 saturated heterocycles. The second kappa shape index (κ2) is 4.37. The molecule has 0 aliphatic rings. The number of carbonyl (C=O) groups is 1. The summed E-state index contributed by atoms with van der Waals surface area (Å²) in [4.78, 5) is 10.9. The van der Waals surface area contributed by atoms with E-state index in [9.17, 15) is 9.18 Å². The lowest BCUT2D eigenvalue weighted by molar-refractivity contribution is -0.115. The highest BCUT2D eigenvalue weighted by atomic mass is 79.9. The molecule has 1 aromatic rings. The lowest BCUT2D eigenvalue weighted by atomic mass is 10.3. The summed E-state index contributed by atoms with van der Waals surface area (Å²) in [6.07, 6.45) is 0.343. The summed E-state index contributed by atoms with van der Waals surface area (Å²) in [7, 11) is 0. The Labute approximate surface area is 84.3 Å². The number of carbonyl (C=O) groups excluding carboxylic acids is 1. The Balaban J connectivity index is 2.83. The van der Waals surface area contributed by atoms with Crippen LogP contribution in [0.2, 0.25) is 0 Å². The molecule has 0 heterocycles. The zero-order chi connectivity index (χ0) is 9.84. The van der Waals surface area contributed by atoms with Crippen molar-refractivity contribution in [3.8, 4) is 0 Å².